The molecule has 1 aliphatic heterocycles. The number of carbonyl (C=O) groups excluding carboxylic acids is 1. The van der Waals surface area contributed by atoms with E-state index in [2.05, 4.69) is 47.2 Å². The van der Waals surface area contributed by atoms with E-state index in [0.717, 1.165) is 15.8 Å². The summed E-state index contributed by atoms with van der Waals surface area (Å²) < 4.78 is 7.30. The van der Waals surface area contributed by atoms with Crippen LogP contribution in [0.15, 0.2) is 38.1 Å². The van der Waals surface area contributed by atoms with Crippen molar-refractivity contribution < 1.29 is 9.21 Å². The molecule has 1 N–H and O–H groups in total. The zero-order valence-electron chi connectivity index (χ0n) is 11.9. The summed E-state index contributed by atoms with van der Waals surface area (Å²) >= 11 is 9.78. The lowest BCUT2D eigenvalue weighted by molar-refractivity contribution is -0.115. The minimum Gasteiger partial charge on any atom is -0.457 e. The Balaban J connectivity index is 1.95. The van der Waals surface area contributed by atoms with Gasteiger partial charge in [0.05, 0.1) is 4.91 Å². The maximum atomic E-state index is 11.7. The summed E-state index contributed by atoms with van der Waals surface area (Å²) in [5.74, 6) is 1.20. The van der Waals surface area contributed by atoms with E-state index >= 15 is 0 Å². The van der Waals surface area contributed by atoms with E-state index in [0.29, 0.717) is 15.0 Å². The SMILES string of the molecule is Cc1cc(Br)c(-c2ccc(C=C3SC(=S)NC3=O)o2)cc1C. The molecule has 1 aliphatic rings. The van der Waals surface area contributed by atoms with E-state index in [1.807, 2.05) is 12.1 Å². The van der Waals surface area contributed by atoms with Crippen molar-refractivity contribution in [2.75, 3.05) is 0 Å². The normalized spacial score (nSPS) is 16.4. The average molecular weight is 394 g/mol. The van der Waals surface area contributed by atoms with Crippen LogP contribution < -0.4 is 5.32 Å². The largest absolute Gasteiger partial charge is 0.457 e. The van der Waals surface area contributed by atoms with E-state index in [1.54, 1.807) is 6.08 Å². The molecule has 2 aromatic rings. The van der Waals surface area contributed by atoms with E-state index < -0.39 is 0 Å². The van der Waals surface area contributed by atoms with E-state index in [9.17, 15) is 4.79 Å². The lowest BCUT2D eigenvalue weighted by atomic mass is 10.1. The zero-order valence-corrected chi connectivity index (χ0v) is 15.1. The summed E-state index contributed by atoms with van der Waals surface area (Å²) in [6, 6.07) is 7.90. The van der Waals surface area contributed by atoms with Crippen LogP contribution in [0.2, 0.25) is 0 Å². The highest BCUT2D eigenvalue weighted by Gasteiger charge is 2.22. The van der Waals surface area contributed by atoms with Gasteiger partial charge in [0.1, 0.15) is 15.8 Å². The summed E-state index contributed by atoms with van der Waals surface area (Å²) in [7, 11) is 0. The molecule has 2 heterocycles. The molecule has 6 heteroatoms. The van der Waals surface area contributed by atoms with Crippen LogP contribution in [0.5, 0.6) is 0 Å². The number of amides is 1. The number of rotatable bonds is 2. The molecule has 1 fully saturated rings. The second-order valence-corrected chi connectivity index (χ2v) is 7.54. The first-order chi connectivity index (χ1) is 10.4. The van der Waals surface area contributed by atoms with Gasteiger partial charge in [0.25, 0.3) is 5.91 Å². The van der Waals surface area contributed by atoms with Gasteiger partial charge in [0.15, 0.2) is 0 Å². The minimum absolute atomic E-state index is 0.180. The fourth-order valence-corrected chi connectivity index (χ4v) is 3.77. The third-order valence-electron chi connectivity index (χ3n) is 3.39. The highest BCUT2D eigenvalue weighted by Crippen LogP contribution is 2.33. The molecule has 0 atom stereocenters. The molecule has 0 aliphatic carbocycles. The second-order valence-electron chi connectivity index (χ2n) is 4.97. The molecule has 0 saturated carbocycles. The van der Waals surface area contributed by atoms with E-state index in [4.69, 9.17) is 16.6 Å². The van der Waals surface area contributed by atoms with Gasteiger partial charge < -0.3 is 9.73 Å². The van der Waals surface area contributed by atoms with Gasteiger partial charge in [-0.1, -0.05) is 39.9 Å². The van der Waals surface area contributed by atoms with Crippen molar-refractivity contribution in [1.29, 1.82) is 0 Å². The summed E-state index contributed by atoms with van der Waals surface area (Å²) in [6.07, 6.45) is 1.71. The summed E-state index contributed by atoms with van der Waals surface area (Å²) in [5.41, 5.74) is 3.41. The van der Waals surface area contributed by atoms with Gasteiger partial charge in [0.2, 0.25) is 0 Å². The molecule has 3 nitrogen and oxygen atoms in total. The smallest absolute Gasteiger partial charge is 0.263 e. The highest BCUT2D eigenvalue weighted by atomic mass is 79.9. The average Bonchev–Trinajstić information content (AvgIpc) is 3.02. The van der Waals surface area contributed by atoms with Crippen molar-refractivity contribution in [3.63, 3.8) is 0 Å². The Labute approximate surface area is 146 Å². The molecule has 0 unspecified atom stereocenters. The van der Waals surface area contributed by atoms with Crippen molar-refractivity contribution >= 4 is 56.2 Å². The molecular formula is C16H12BrNO2S2. The molecule has 1 aromatic carbocycles. The van der Waals surface area contributed by atoms with Gasteiger partial charge >= 0.3 is 0 Å². The Morgan fingerprint density at radius 2 is 2.00 bits per heavy atom. The van der Waals surface area contributed by atoms with Crippen LogP contribution in [0.3, 0.4) is 0 Å². The summed E-state index contributed by atoms with van der Waals surface area (Å²) in [6.45, 7) is 4.14. The molecule has 3 rings (SSSR count). The number of halogens is 1. The maximum absolute atomic E-state index is 11.7. The van der Waals surface area contributed by atoms with Gasteiger partial charge in [-0.3, -0.25) is 4.79 Å². The third-order valence-corrected chi connectivity index (χ3v) is 5.21. The fraction of sp³-hybridized carbons (Fsp3) is 0.125. The number of nitrogens with one attached hydrogen (secondary N) is 1. The minimum atomic E-state index is -0.180. The number of hydrogen-bond acceptors (Lipinski definition) is 4. The van der Waals surface area contributed by atoms with Crippen LogP contribution in [0.25, 0.3) is 17.4 Å². The molecule has 1 aromatic heterocycles. The van der Waals surface area contributed by atoms with Gasteiger partial charge in [-0.25, -0.2) is 0 Å². The van der Waals surface area contributed by atoms with Crippen molar-refractivity contribution in [2.45, 2.75) is 13.8 Å². The first-order valence-corrected chi connectivity index (χ1v) is 8.57. The second kappa shape index (κ2) is 6.02. The molecule has 1 saturated heterocycles. The van der Waals surface area contributed by atoms with Crippen LogP contribution in [-0.2, 0) is 4.79 Å². The number of carbonyl (C=O) groups is 1. The van der Waals surface area contributed by atoms with Crippen LogP contribution in [0.4, 0.5) is 0 Å². The molecule has 0 bridgehead atoms. The van der Waals surface area contributed by atoms with Crippen molar-refractivity contribution in [2.24, 2.45) is 0 Å². The Morgan fingerprint density at radius 1 is 1.27 bits per heavy atom. The van der Waals surface area contributed by atoms with Gasteiger partial charge in [-0.05, 0) is 49.2 Å². The van der Waals surface area contributed by atoms with Gasteiger partial charge in [0, 0.05) is 16.1 Å². The highest BCUT2D eigenvalue weighted by molar-refractivity contribution is 9.10. The quantitative estimate of drug-likeness (QED) is 0.586. The first-order valence-electron chi connectivity index (χ1n) is 6.56. The number of thiocarbonyl (C=S) groups is 1. The molecule has 0 spiro atoms. The molecule has 22 heavy (non-hydrogen) atoms. The standard InChI is InChI=1S/C16H12BrNO2S2/c1-8-5-11(12(17)6-9(8)2)13-4-3-10(20-13)7-14-15(19)18-16(21)22-14/h3-7H,1-2H3,(H,18,19,21). The summed E-state index contributed by atoms with van der Waals surface area (Å²) in [5, 5.41) is 2.59. The Hall–Kier alpha value is -1.37. The predicted octanol–water partition coefficient (Wildman–Crippen LogP) is 4.81. The van der Waals surface area contributed by atoms with Crippen LogP contribution in [0.1, 0.15) is 16.9 Å². The topological polar surface area (TPSA) is 42.2 Å². The third kappa shape index (κ3) is 3.04. The van der Waals surface area contributed by atoms with Gasteiger partial charge in [-0.2, -0.15) is 0 Å². The fourth-order valence-electron chi connectivity index (χ4n) is 2.10. The maximum Gasteiger partial charge on any atom is 0.263 e. The molecule has 1 amide bonds. The van der Waals surface area contributed by atoms with Crippen LogP contribution >= 0.6 is 39.9 Å². The van der Waals surface area contributed by atoms with Crippen LogP contribution in [-0.4, -0.2) is 10.2 Å². The van der Waals surface area contributed by atoms with Crippen molar-refractivity contribution in [3.05, 3.63) is 50.5 Å². The number of furan rings is 1. The molecule has 112 valence electrons. The van der Waals surface area contributed by atoms with Crippen LogP contribution in [0, 0.1) is 13.8 Å². The number of thioether (sulfide) groups is 1. The van der Waals surface area contributed by atoms with Crippen molar-refractivity contribution in [1.82, 2.24) is 5.32 Å². The predicted molar refractivity (Wildman–Crippen MR) is 97.6 cm³/mol. The monoisotopic (exact) mass is 393 g/mol. The van der Waals surface area contributed by atoms with E-state index in [1.165, 1.54) is 22.9 Å². The Morgan fingerprint density at radius 3 is 2.68 bits per heavy atom. The van der Waals surface area contributed by atoms with Gasteiger partial charge in [-0.15, -0.1) is 0 Å². The molecular weight excluding hydrogens is 382 g/mol. The van der Waals surface area contributed by atoms with Crippen molar-refractivity contribution in [3.8, 4) is 11.3 Å². The Bertz CT molecular complexity index is 824. The zero-order chi connectivity index (χ0) is 15.9. The summed E-state index contributed by atoms with van der Waals surface area (Å²) in [4.78, 5) is 12.2. The first kappa shape index (κ1) is 15.5. The number of hydrogen-bond donors (Lipinski definition) is 1. The Kier molecular flexibility index (Phi) is 4.25. The lowest BCUT2D eigenvalue weighted by Crippen LogP contribution is -2.17. The number of aryl methyl sites for hydroxylation is 2. The number of benzene rings is 1. The van der Waals surface area contributed by atoms with E-state index in [-0.39, 0.29) is 5.91 Å². The molecule has 0 radical (unpaired) electrons. The lowest BCUT2D eigenvalue weighted by Gasteiger charge is -2.06.